The van der Waals surface area contributed by atoms with Crippen LogP contribution in [0.2, 0.25) is 0 Å². The van der Waals surface area contributed by atoms with Crippen LogP contribution in [0.15, 0.2) is 60.8 Å². The molecule has 0 aliphatic carbocycles. The molecule has 0 spiro atoms. The average molecular weight is 702 g/mol. The number of hydrogen-bond acceptors (Lipinski definition) is 7. The lowest BCUT2D eigenvalue weighted by Crippen LogP contribution is -2.55. The molecule has 2 unspecified atom stereocenters. The van der Waals surface area contributed by atoms with E-state index in [0.717, 1.165) is 89.9 Å². The number of carbonyl (C=O) groups is 3. The number of allylic oxidation sites excluding steroid dienone is 10. The van der Waals surface area contributed by atoms with E-state index in [-0.39, 0.29) is 49.1 Å². The first-order valence-electron chi connectivity index (χ1n) is 19.3. The number of aliphatic carboxylic acids is 1. The van der Waals surface area contributed by atoms with Crippen LogP contribution in [-0.2, 0) is 28.6 Å². The lowest BCUT2D eigenvalue weighted by molar-refractivity contribution is -0.889. The van der Waals surface area contributed by atoms with E-state index in [1.165, 1.54) is 6.42 Å². The highest BCUT2D eigenvalue weighted by Crippen LogP contribution is 2.12. The fraction of sp³-hybridized carbons (Fsp3) is 0.690. The van der Waals surface area contributed by atoms with Crippen LogP contribution in [0.3, 0.4) is 0 Å². The van der Waals surface area contributed by atoms with Gasteiger partial charge in [-0.3, -0.25) is 9.59 Å². The number of unbranched alkanes of at least 4 members (excludes halogenated alkanes) is 9. The third-order valence-corrected chi connectivity index (χ3v) is 8.12. The highest BCUT2D eigenvalue weighted by atomic mass is 16.6. The Morgan fingerprint density at radius 3 is 1.68 bits per heavy atom. The van der Waals surface area contributed by atoms with Gasteiger partial charge in [0.2, 0.25) is 0 Å². The van der Waals surface area contributed by atoms with Gasteiger partial charge in [-0.2, -0.15) is 0 Å². The van der Waals surface area contributed by atoms with Crippen LogP contribution in [0.25, 0.3) is 0 Å². The largest absolute Gasteiger partial charge is 0.544 e. The topological polar surface area (TPSA) is 102 Å². The fourth-order valence-electron chi connectivity index (χ4n) is 5.12. The molecule has 0 aromatic heterocycles. The number of rotatable bonds is 33. The SMILES string of the molecule is CC/C=C\C/C=C\C/C=C\CCCCCC(=O)OC(COCCC(C(=O)[O-])[N+](C)(C)C)COC(=O)CCCCCCC/C=C\C/C=C\CCC. The summed E-state index contributed by atoms with van der Waals surface area (Å²) in [5, 5.41) is 11.6. The smallest absolute Gasteiger partial charge is 0.306 e. The average Bonchev–Trinajstić information content (AvgIpc) is 3.06. The van der Waals surface area contributed by atoms with Crippen molar-refractivity contribution < 1.29 is 38.2 Å². The number of carbonyl (C=O) groups excluding carboxylic acids is 3. The van der Waals surface area contributed by atoms with E-state index >= 15 is 0 Å². The maximum Gasteiger partial charge on any atom is 0.306 e. The number of hydrogen-bond donors (Lipinski definition) is 0. The van der Waals surface area contributed by atoms with Crippen molar-refractivity contribution in [2.45, 2.75) is 148 Å². The van der Waals surface area contributed by atoms with Gasteiger partial charge in [0.15, 0.2) is 6.10 Å². The minimum Gasteiger partial charge on any atom is -0.544 e. The summed E-state index contributed by atoms with van der Waals surface area (Å²) >= 11 is 0. The summed E-state index contributed by atoms with van der Waals surface area (Å²) in [6.07, 6.45) is 38.2. The van der Waals surface area contributed by atoms with Gasteiger partial charge in [0, 0.05) is 19.3 Å². The molecule has 0 aromatic carbocycles. The number of nitrogens with zero attached hydrogens (tertiary/aromatic N) is 1. The molecule has 0 fully saturated rings. The standard InChI is InChI=1S/C42H71NO7/c1-6-8-10-12-14-16-18-20-22-24-26-28-30-32-40(44)49-37-38(36-48-35-34-39(42(46)47)43(3,4)5)50-41(45)33-31-29-27-25-23-21-19-17-15-13-11-9-7-2/h9-12,15-18,21,23,38-39H,6-8,13-14,19-20,22,24-37H2,1-5H3/b11-9-,12-10-,17-15-,18-16-,23-21-. The Labute approximate surface area is 305 Å². The predicted octanol–water partition coefficient (Wildman–Crippen LogP) is 8.52. The van der Waals surface area contributed by atoms with Gasteiger partial charge in [0.25, 0.3) is 0 Å². The molecule has 0 aliphatic heterocycles. The third-order valence-electron chi connectivity index (χ3n) is 8.12. The second-order valence-electron chi connectivity index (χ2n) is 13.8. The highest BCUT2D eigenvalue weighted by molar-refractivity contribution is 5.70. The molecule has 0 N–H and O–H groups in total. The Bertz CT molecular complexity index is 1010. The van der Waals surface area contributed by atoms with Gasteiger partial charge in [-0.1, -0.05) is 107 Å². The second-order valence-corrected chi connectivity index (χ2v) is 13.8. The quantitative estimate of drug-likeness (QED) is 0.0293. The molecule has 8 heteroatoms. The molecule has 0 saturated carbocycles. The first-order chi connectivity index (χ1) is 24.1. The zero-order valence-electron chi connectivity index (χ0n) is 32.3. The summed E-state index contributed by atoms with van der Waals surface area (Å²) in [7, 11) is 5.37. The summed E-state index contributed by atoms with van der Waals surface area (Å²) in [6, 6.07) is -0.734. The zero-order valence-corrected chi connectivity index (χ0v) is 32.3. The van der Waals surface area contributed by atoms with Crippen molar-refractivity contribution in [1.29, 1.82) is 0 Å². The Morgan fingerprint density at radius 2 is 1.12 bits per heavy atom. The minimum atomic E-state index is -1.14. The Balaban J connectivity index is 4.50. The van der Waals surface area contributed by atoms with Crippen LogP contribution >= 0.6 is 0 Å². The van der Waals surface area contributed by atoms with Gasteiger partial charge in [-0.15, -0.1) is 0 Å². The van der Waals surface area contributed by atoms with E-state index in [4.69, 9.17) is 14.2 Å². The maximum atomic E-state index is 12.6. The molecule has 0 heterocycles. The van der Waals surface area contributed by atoms with Crippen molar-refractivity contribution in [1.82, 2.24) is 0 Å². The lowest BCUT2D eigenvalue weighted by Gasteiger charge is -2.34. The number of likely N-dealkylation sites (N-methyl/N-ethyl adjacent to an activating group) is 1. The number of esters is 2. The van der Waals surface area contributed by atoms with E-state index in [0.29, 0.717) is 12.8 Å². The number of quaternary nitrogens is 1. The van der Waals surface area contributed by atoms with Crippen molar-refractivity contribution in [3.63, 3.8) is 0 Å². The van der Waals surface area contributed by atoms with E-state index in [1.807, 2.05) is 0 Å². The van der Waals surface area contributed by atoms with Crippen LogP contribution < -0.4 is 5.11 Å². The van der Waals surface area contributed by atoms with Crippen LogP contribution in [0.5, 0.6) is 0 Å². The van der Waals surface area contributed by atoms with Crippen molar-refractivity contribution in [3.8, 4) is 0 Å². The molecule has 0 aliphatic rings. The van der Waals surface area contributed by atoms with Crippen LogP contribution in [-0.4, -0.2) is 75.5 Å². The van der Waals surface area contributed by atoms with Gasteiger partial charge in [-0.25, -0.2) is 0 Å². The molecule has 8 nitrogen and oxygen atoms in total. The Hall–Kier alpha value is -2.97. The van der Waals surface area contributed by atoms with Crippen LogP contribution in [0.1, 0.15) is 136 Å². The summed E-state index contributed by atoms with van der Waals surface area (Å²) < 4.78 is 17.0. The number of carboxylic acids is 1. The summed E-state index contributed by atoms with van der Waals surface area (Å²) in [6.45, 7) is 4.40. The normalized spacial score (nSPS) is 13.7. The number of ether oxygens (including phenoxy) is 3. The monoisotopic (exact) mass is 702 g/mol. The summed E-state index contributed by atoms with van der Waals surface area (Å²) in [4.78, 5) is 36.6. The molecule has 286 valence electrons. The van der Waals surface area contributed by atoms with Gasteiger partial charge >= 0.3 is 11.9 Å². The molecule has 0 saturated heterocycles. The Morgan fingerprint density at radius 1 is 0.620 bits per heavy atom. The molecule has 0 amide bonds. The third kappa shape index (κ3) is 31.0. The molecule has 50 heavy (non-hydrogen) atoms. The van der Waals surface area contributed by atoms with E-state index in [9.17, 15) is 19.5 Å². The highest BCUT2D eigenvalue weighted by Gasteiger charge is 2.25. The predicted molar refractivity (Wildman–Crippen MR) is 203 cm³/mol. The lowest BCUT2D eigenvalue weighted by atomic mass is 10.1. The first kappa shape index (κ1) is 47.0. The van der Waals surface area contributed by atoms with E-state index in [2.05, 4.69) is 74.6 Å². The molecule has 2 atom stereocenters. The van der Waals surface area contributed by atoms with Crippen molar-refractivity contribution >= 4 is 17.9 Å². The zero-order chi connectivity index (χ0) is 37.1. The van der Waals surface area contributed by atoms with Gasteiger partial charge in [0.05, 0.1) is 40.3 Å². The Kier molecular flexibility index (Phi) is 31.2. The molecule has 0 radical (unpaired) electrons. The summed E-state index contributed by atoms with van der Waals surface area (Å²) in [5.74, 6) is -1.80. The molecular formula is C42H71NO7. The van der Waals surface area contributed by atoms with E-state index < -0.39 is 18.1 Å². The summed E-state index contributed by atoms with van der Waals surface area (Å²) in [5.41, 5.74) is 0. The van der Waals surface area contributed by atoms with Gasteiger partial charge in [0.1, 0.15) is 12.6 Å². The molecule has 0 rings (SSSR count). The van der Waals surface area contributed by atoms with Crippen LogP contribution in [0, 0.1) is 0 Å². The fourth-order valence-corrected chi connectivity index (χ4v) is 5.12. The second kappa shape index (κ2) is 33.2. The number of carboxylic acid groups (broad SMARTS) is 1. The van der Waals surface area contributed by atoms with Crippen LogP contribution in [0.4, 0.5) is 0 Å². The minimum absolute atomic E-state index is 0.0214. The molecule has 0 aromatic rings. The molecule has 0 bridgehead atoms. The maximum absolute atomic E-state index is 12.6. The van der Waals surface area contributed by atoms with E-state index in [1.54, 1.807) is 21.1 Å². The molecular weight excluding hydrogens is 630 g/mol. The van der Waals surface area contributed by atoms with Gasteiger partial charge < -0.3 is 28.6 Å². The first-order valence-corrected chi connectivity index (χ1v) is 19.3. The van der Waals surface area contributed by atoms with Gasteiger partial charge in [-0.05, 0) is 70.6 Å². The van der Waals surface area contributed by atoms with Crippen molar-refractivity contribution in [2.24, 2.45) is 0 Å². The van der Waals surface area contributed by atoms with Crippen molar-refractivity contribution in [3.05, 3.63) is 60.8 Å². The van der Waals surface area contributed by atoms with Crippen molar-refractivity contribution in [2.75, 3.05) is 41.0 Å².